The summed E-state index contributed by atoms with van der Waals surface area (Å²) >= 11 is 0. The lowest BCUT2D eigenvalue weighted by atomic mass is 10.0. The van der Waals surface area contributed by atoms with Gasteiger partial charge in [-0.1, -0.05) is 63.6 Å². The van der Waals surface area contributed by atoms with E-state index in [1.54, 1.807) is 26.4 Å². The van der Waals surface area contributed by atoms with Gasteiger partial charge >= 0.3 is 6.09 Å². The van der Waals surface area contributed by atoms with Gasteiger partial charge in [0.15, 0.2) is 30.2 Å². The third-order valence-corrected chi connectivity index (χ3v) is 11.6. The number of rotatable bonds is 20. The van der Waals surface area contributed by atoms with Gasteiger partial charge in [0.1, 0.15) is 18.3 Å². The highest BCUT2D eigenvalue weighted by atomic mass is 32.2. The largest absolute Gasteiger partial charge is 0.493 e. The van der Waals surface area contributed by atoms with Gasteiger partial charge in [0.05, 0.1) is 37.9 Å². The quantitative estimate of drug-likeness (QED) is 0.106. The molecule has 0 aliphatic carbocycles. The van der Waals surface area contributed by atoms with Crippen LogP contribution in [0.2, 0.25) is 0 Å². The standard InChI is InChI=1S/C41H57N3O12S/c1-7-8-20-52-37-36(35-25-53-39(54-35)28-14-19-33(49-4)34(22-28)50-5)55-40(51-6)38(37)56-41(46)43-31(21-27-12-10-9-11-13-27)32(45)24-44(23-26(2)3)57(47,48)30-17-15-29(42)16-18-30/h9-19,22,26,31-32,35-40,45H,7-8,20-21,23-25,42H2,1-6H3,(H,43,46)/t31-,32+,35?,36+,37-,38+,39?,40-/m0/s1. The van der Waals surface area contributed by atoms with Gasteiger partial charge in [-0.3, -0.25) is 0 Å². The van der Waals surface area contributed by atoms with Gasteiger partial charge in [-0.15, -0.1) is 0 Å². The second-order valence-corrected chi connectivity index (χ2v) is 16.4. The van der Waals surface area contributed by atoms with E-state index in [9.17, 15) is 18.3 Å². The summed E-state index contributed by atoms with van der Waals surface area (Å²) in [6.45, 7) is 6.14. The number of sulfonamides is 1. The van der Waals surface area contributed by atoms with E-state index in [-0.39, 0.29) is 36.9 Å². The Morgan fingerprint density at radius 3 is 2.33 bits per heavy atom. The number of carbonyl (C=O) groups excluding carboxylic acids is 1. The lowest BCUT2D eigenvalue weighted by Crippen LogP contribution is -2.52. The number of carbonyl (C=O) groups is 1. The van der Waals surface area contributed by atoms with Crippen LogP contribution in [-0.4, -0.2) is 114 Å². The van der Waals surface area contributed by atoms with E-state index in [2.05, 4.69) is 5.32 Å². The lowest BCUT2D eigenvalue weighted by molar-refractivity contribution is -0.170. The van der Waals surface area contributed by atoms with Gasteiger partial charge in [0.2, 0.25) is 10.0 Å². The van der Waals surface area contributed by atoms with E-state index in [0.29, 0.717) is 29.4 Å². The summed E-state index contributed by atoms with van der Waals surface area (Å²) in [5, 5.41) is 14.6. The minimum atomic E-state index is -4.04. The number of ether oxygens (including phenoxy) is 8. The molecule has 2 fully saturated rings. The summed E-state index contributed by atoms with van der Waals surface area (Å²) in [4.78, 5) is 13.9. The number of amides is 1. The Morgan fingerprint density at radius 1 is 0.965 bits per heavy atom. The van der Waals surface area contributed by atoms with Crippen LogP contribution in [-0.2, 0) is 44.9 Å². The van der Waals surface area contributed by atoms with Crippen molar-refractivity contribution in [2.75, 3.05) is 53.4 Å². The van der Waals surface area contributed by atoms with Gasteiger partial charge in [-0.2, -0.15) is 4.31 Å². The van der Waals surface area contributed by atoms with Crippen LogP contribution in [0.5, 0.6) is 11.5 Å². The number of methoxy groups -OCH3 is 3. The number of nitrogens with zero attached hydrogens (tertiary/aromatic N) is 1. The van der Waals surface area contributed by atoms with Crippen LogP contribution in [0.4, 0.5) is 10.5 Å². The number of hydrogen-bond donors (Lipinski definition) is 3. The van der Waals surface area contributed by atoms with Crippen LogP contribution in [0.25, 0.3) is 0 Å². The molecule has 16 heteroatoms. The minimum Gasteiger partial charge on any atom is -0.493 e. The number of aliphatic hydroxyl groups is 1. The first-order valence-electron chi connectivity index (χ1n) is 19.2. The number of nitrogen functional groups attached to an aromatic ring is 1. The third kappa shape index (κ3) is 11.4. The zero-order valence-electron chi connectivity index (χ0n) is 33.4. The monoisotopic (exact) mass is 815 g/mol. The number of anilines is 1. The number of alkyl carbamates (subject to hydrolysis) is 1. The predicted octanol–water partition coefficient (Wildman–Crippen LogP) is 4.67. The Balaban J connectivity index is 1.35. The van der Waals surface area contributed by atoms with Crippen molar-refractivity contribution in [1.29, 1.82) is 0 Å². The van der Waals surface area contributed by atoms with Gasteiger partial charge < -0.3 is 54.1 Å². The van der Waals surface area contributed by atoms with Crippen LogP contribution in [0, 0.1) is 5.92 Å². The Morgan fingerprint density at radius 2 is 1.68 bits per heavy atom. The molecule has 57 heavy (non-hydrogen) atoms. The molecule has 0 saturated carbocycles. The lowest BCUT2D eigenvalue weighted by Gasteiger charge is -2.31. The first-order valence-corrected chi connectivity index (χ1v) is 20.7. The van der Waals surface area contributed by atoms with Crippen molar-refractivity contribution in [2.45, 2.75) is 94.1 Å². The molecule has 0 aromatic heterocycles. The second kappa shape index (κ2) is 20.6. The normalized spacial score (nSPS) is 23.4. The molecule has 1 amide bonds. The first-order chi connectivity index (χ1) is 27.4. The number of benzene rings is 3. The third-order valence-electron chi connectivity index (χ3n) is 9.79. The molecule has 2 aliphatic rings. The topological polar surface area (TPSA) is 187 Å². The maximum absolute atomic E-state index is 13.9. The predicted molar refractivity (Wildman–Crippen MR) is 211 cm³/mol. The van der Waals surface area contributed by atoms with Crippen LogP contribution in [0.15, 0.2) is 77.7 Å². The van der Waals surface area contributed by atoms with E-state index >= 15 is 0 Å². The first kappa shape index (κ1) is 44.1. The van der Waals surface area contributed by atoms with Crippen molar-refractivity contribution in [3.63, 3.8) is 0 Å². The maximum atomic E-state index is 13.9. The van der Waals surface area contributed by atoms with Crippen molar-refractivity contribution >= 4 is 21.8 Å². The molecule has 314 valence electrons. The summed E-state index contributed by atoms with van der Waals surface area (Å²) in [5.41, 5.74) is 7.76. The van der Waals surface area contributed by atoms with E-state index in [0.717, 1.165) is 18.4 Å². The Hall–Kier alpha value is -4.00. The Bertz CT molecular complexity index is 1820. The molecule has 3 aromatic rings. The fourth-order valence-corrected chi connectivity index (χ4v) is 8.47. The molecule has 0 bridgehead atoms. The van der Waals surface area contributed by atoms with Crippen LogP contribution < -0.4 is 20.5 Å². The molecule has 3 aromatic carbocycles. The Labute approximate surface area is 335 Å². The summed E-state index contributed by atoms with van der Waals surface area (Å²) in [5.74, 6) is 1.02. The van der Waals surface area contributed by atoms with Crippen molar-refractivity contribution in [2.24, 2.45) is 5.92 Å². The fourth-order valence-electron chi connectivity index (χ4n) is 6.85. The van der Waals surface area contributed by atoms with E-state index in [1.807, 2.05) is 57.2 Å². The zero-order valence-corrected chi connectivity index (χ0v) is 34.3. The molecular formula is C41H57N3O12S. The van der Waals surface area contributed by atoms with Gasteiger partial charge in [0, 0.05) is 38.1 Å². The molecule has 15 nitrogen and oxygen atoms in total. The van der Waals surface area contributed by atoms with Gasteiger partial charge in [-0.05, 0) is 60.7 Å². The molecule has 2 aliphatic heterocycles. The van der Waals surface area contributed by atoms with E-state index < -0.39 is 65.3 Å². The molecule has 2 unspecified atom stereocenters. The summed E-state index contributed by atoms with van der Waals surface area (Å²) in [6, 6.07) is 19.5. The maximum Gasteiger partial charge on any atom is 0.408 e. The minimum absolute atomic E-state index is 0.0405. The molecule has 2 heterocycles. The summed E-state index contributed by atoms with van der Waals surface area (Å²) in [6.07, 6.45) is -5.43. The molecule has 8 atom stereocenters. The average molecular weight is 816 g/mol. The molecule has 2 saturated heterocycles. The van der Waals surface area contributed by atoms with Gasteiger partial charge in [-0.25, -0.2) is 13.2 Å². The molecule has 4 N–H and O–H groups in total. The average Bonchev–Trinajstić information content (AvgIpc) is 3.82. The molecule has 0 radical (unpaired) electrons. The van der Waals surface area contributed by atoms with E-state index in [1.165, 1.54) is 35.7 Å². The SMILES string of the molecule is CCCCO[C@@H]1[C@@H](OC(=O)N[C@@H](Cc2ccccc2)[C@H](O)CN(CC(C)C)S(=O)(=O)c2ccc(N)cc2)[C@@H](OC)O[C@@H]1C1COC(c2ccc(OC)c(OC)c2)O1. The van der Waals surface area contributed by atoms with Crippen LogP contribution in [0.1, 0.15) is 51.0 Å². The number of aliphatic hydroxyl groups excluding tert-OH is 1. The number of nitrogens with one attached hydrogen (secondary N) is 1. The fraction of sp³-hybridized carbons (Fsp3) is 0.537. The highest BCUT2D eigenvalue weighted by Crippen LogP contribution is 2.39. The summed E-state index contributed by atoms with van der Waals surface area (Å²) < 4.78 is 76.5. The van der Waals surface area contributed by atoms with E-state index in [4.69, 9.17) is 43.6 Å². The van der Waals surface area contributed by atoms with Crippen molar-refractivity contribution in [3.05, 3.63) is 83.9 Å². The summed E-state index contributed by atoms with van der Waals surface area (Å²) in [7, 11) is 0.502. The number of unbranched alkanes of at least 4 members (excludes halogenated alkanes) is 1. The number of nitrogens with two attached hydrogens (primary N) is 1. The molecule has 0 spiro atoms. The van der Waals surface area contributed by atoms with Crippen molar-refractivity contribution < 1.29 is 56.2 Å². The smallest absolute Gasteiger partial charge is 0.408 e. The van der Waals surface area contributed by atoms with Crippen molar-refractivity contribution in [3.8, 4) is 11.5 Å². The molecular weight excluding hydrogens is 759 g/mol. The van der Waals surface area contributed by atoms with Crippen LogP contribution in [0.3, 0.4) is 0 Å². The van der Waals surface area contributed by atoms with Gasteiger partial charge in [0.25, 0.3) is 0 Å². The van der Waals surface area contributed by atoms with Crippen LogP contribution >= 0.6 is 0 Å². The van der Waals surface area contributed by atoms with Crippen molar-refractivity contribution in [1.82, 2.24) is 9.62 Å². The Kier molecular flexibility index (Phi) is 16.0. The highest BCUT2D eigenvalue weighted by molar-refractivity contribution is 7.89. The second-order valence-electron chi connectivity index (χ2n) is 14.5. The number of hydrogen-bond acceptors (Lipinski definition) is 13. The molecule has 5 rings (SSSR count). The zero-order chi connectivity index (χ0) is 41.1. The highest BCUT2D eigenvalue weighted by Gasteiger charge is 2.53.